The molecule has 0 saturated heterocycles. The summed E-state index contributed by atoms with van der Waals surface area (Å²) in [6.45, 7) is 5.87. The second-order valence-corrected chi connectivity index (χ2v) is 5.44. The van der Waals surface area contributed by atoms with Crippen molar-refractivity contribution in [3.05, 3.63) is 41.1 Å². The average Bonchev–Trinajstić information content (AvgIpc) is 2.73. The Hall–Kier alpha value is -1.35. The van der Waals surface area contributed by atoms with Crippen LogP contribution in [0.1, 0.15) is 26.3 Å². The van der Waals surface area contributed by atoms with E-state index in [9.17, 15) is 4.39 Å². The number of imidazole rings is 1. The molecule has 0 saturated carbocycles. The van der Waals surface area contributed by atoms with Crippen LogP contribution in [0.3, 0.4) is 0 Å². The maximum atomic E-state index is 14.0. The van der Waals surface area contributed by atoms with Gasteiger partial charge in [0.05, 0.1) is 23.2 Å². The molecule has 0 fully saturated rings. The highest BCUT2D eigenvalue weighted by Gasteiger charge is 2.21. The molecule has 0 aliphatic carbocycles. The van der Waals surface area contributed by atoms with Gasteiger partial charge in [-0.15, -0.1) is 0 Å². The average molecular weight is 253 g/mol. The molecule has 0 spiro atoms. The van der Waals surface area contributed by atoms with Crippen molar-refractivity contribution in [2.24, 2.45) is 0 Å². The number of aromatic amines is 1. The van der Waals surface area contributed by atoms with Gasteiger partial charge in [-0.25, -0.2) is 9.37 Å². The molecule has 0 bridgehead atoms. The molecule has 2 rings (SSSR count). The molecular weight excluding hydrogens is 239 g/mol. The van der Waals surface area contributed by atoms with E-state index in [2.05, 4.69) is 9.97 Å². The van der Waals surface area contributed by atoms with Crippen LogP contribution in [0.25, 0.3) is 11.3 Å². The van der Waals surface area contributed by atoms with Gasteiger partial charge in [-0.3, -0.25) is 0 Å². The first kappa shape index (κ1) is 12.1. The molecule has 90 valence electrons. The molecule has 4 heteroatoms. The van der Waals surface area contributed by atoms with E-state index >= 15 is 0 Å². The van der Waals surface area contributed by atoms with Gasteiger partial charge in [-0.2, -0.15) is 0 Å². The Morgan fingerprint density at radius 2 is 2.00 bits per heavy atom. The van der Waals surface area contributed by atoms with Gasteiger partial charge >= 0.3 is 0 Å². The quantitative estimate of drug-likeness (QED) is 0.811. The molecule has 17 heavy (non-hydrogen) atoms. The smallest absolute Gasteiger partial charge is 0.145 e. The second kappa shape index (κ2) is 4.15. The summed E-state index contributed by atoms with van der Waals surface area (Å²) in [7, 11) is 0. The van der Waals surface area contributed by atoms with Gasteiger partial charge < -0.3 is 4.98 Å². The molecule has 0 aliphatic heterocycles. The molecule has 2 nitrogen and oxygen atoms in total. The van der Waals surface area contributed by atoms with Crippen molar-refractivity contribution in [1.82, 2.24) is 9.97 Å². The number of benzene rings is 1. The molecule has 2 aromatic rings. The van der Waals surface area contributed by atoms with Crippen LogP contribution in [0.2, 0.25) is 5.02 Å². The number of hydrogen-bond donors (Lipinski definition) is 1. The maximum Gasteiger partial charge on any atom is 0.145 e. The lowest BCUT2D eigenvalue weighted by Crippen LogP contribution is -2.14. The number of nitrogens with one attached hydrogen (secondary N) is 1. The fourth-order valence-corrected chi connectivity index (χ4v) is 1.92. The molecule has 0 aliphatic rings. The van der Waals surface area contributed by atoms with Gasteiger partial charge in [0.15, 0.2) is 0 Å². The zero-order chi connectivity index (χ0) is 12.6. The predicted molar refractivity (Wildman–Crippen MR) is 67.7 cm³/mol. The van der Waals surface area contributed by atoms with Crippen molar-refractivity contribution < 1.29 is 4.39 Å². The van der Waals surface area contributed by atoms with Crippen molar-refractivity contribution >= 4 is 11.6 Å². The van der Waals surface area contributed by atoms with Crippen LogP contribution in [0.5, 0.6) is 0 Å². The van der Waals surface area contributed by atoms with E-state index in [4.69, 9.17) is 11.6 Å². The zero-order valence-electron chi connectivity index (χ0n) is 10.0. The molecule has 0 unspecified atom stereocenters. The minimum Gasteiger partial charge on any atom is -0.345 e. The summed E-state index contributed by atoms with van der Waals surface area (Å²) >= 11 is 5.93. The van der Waals surface area contributed by atoms with Crippen LogP contribution in [-0.4, -0.2) is 9.97 Å². The van der Waals surface area contributed by atoms with Crippen LogP contribution in [0.15, 0.2) is 24.7 Å². The normalized spacial score (nSPS) is 11.8. The summed E-state index contributed by atoms with van der Waals surface area (Å²) in [4.78, 5) is 6.94. The van der Waals surface area contributed by atoms with Gasteiger partial charge in [-0.1, -0.05) is 32.4 Å². The van der Waals surface area contributed by atoms with Gasteiger partial charge in [0, 0.05) is 5.56 Å². The molecule has 1 aromatic heterocycles. The van der Waals surface area contributed by atoms with Crippen molar-refractivity contribution in [1.29, 1.82) is 0 Å². The summed E-state index contributed by atoms with van der Waals surface area (Å²) < 4.78 is 14.0. The Kier molecular flexibility index (Phi) is 2.96. The summed E-state index contributed by atoms with van der Waals surface area (Å²) in [5, 5.41) is 0.141. The first-order chi connectivity index (χ1) is 7.89. The van der Waals surface area contributed by atoms with Gasteiger partial charge in [-0.05, 0) is 23.1 Å². The predicted octanol–water partition coefficient (Wildman–Crippen LogP) is 4.17. The third-order valence-corrected chi connectivity index (χ3v) is 2.92. The Bertz CT molecular complexity index is 527. The summed E-state index contributed by atoms with van der Waals surface area (Å²) in [5.41, 5.74) is 2.00. The topological polar surface area (TPSA) is 28.7 Å². The zero-order valence-corrected chi connectivity index (χ0v) is 10.8. The molecule has 1 N–H and O–H groups in total. The molecule has 0 atom stereocenters. The molecule has 1 aromatic carbocycles. The SMILES string of the molecule is CC(C)(C)c1cc(-c2cnc[nH]2)cc(Cl)c1F. The van der Waals surface area contributed by atoms with Gasteiger partial charge in [0.2, 0.25) is 0 Å². The van der Waals surface area contributed by atoms with Gasteiger partial charge in [0.1, 0.15) is 5.82 Å². The highest BCUT2D eigenvalue weighted by molar-refractivity contribution is 6.31. The number of nitrogens with zero attached hydrogens (tertiary/aromatic N) is 1. The Balaban J connectivity index is 2.62. The summed E-state index contributed by atoms with van der Waals surface area (Å²) in [5.74, 6) is -0.345. The molecular formula is C13H14ClFN2. The molecule has 1 heterocycles. The Morgan fingerprint density at radius 3 is 2.53 bits per heavy atom. The third kappa shape index (κ3) is 2.34. The fraction of sp³-hybridized carbons (Fsp3) is 0.308. The number of aromatic nitrogens is 2. The first-order valence-corrected chi connectivity index (χ1v) is 5.75. The Morgan fingerprint density at radius 1 is 1.29 bits per heavy atom. The fourth-order valence-electron chi connectivity index (χ4n) is 1.70. The lowest BCUT2D eigenvalue weighted by molar-refractivity contribution is 0.523. The number of rotatable bonds is 1. The van der Waals surface area contributed by atoms with E-state index in [1.807, 2.05) is 26.8 Å². The van der Waals surface area contributed by atoms with Gasteiger partial charge in [0.25, 0.3) is 0 Å². The number of H-pyrrole nitrogens is 1. The largest absolute Gasteiger partial charge is 0.345 e. The van der Waals surface area contributed by atoms with E-state index < -0.39 is 0 Å². The minimum absolute atomic E-state index is 0.141. The number of hydrogen-bond acceptors (Lipinski definition) is 1. The minimum atomic E-state index is -0.345. The highest BCUT2D eigenvalue weighted by atomic mass is 35.5. The maximum absolute atomic E-state index is 14.0. The first-order valence-electron chi connectivity index (χ1n) is 5.38. The van der Waals surface area contributed by atoms with Crippen LogP contribution in [0.4, 0.5) is 4.39 Å². The van der Waals surface area contributed by atoms with Crippen molar-refractivity contribution in [3.8, 4) is 11.3 Å². The van der Waals surface area contributed by atoms with E-state index in [0.717, 1.165) is 11.3 Å². The van der Waals surface area contributed by atoms with E-state index in [1.54, 1.807) is 18.6 Å². The highest BCUT2D eigenvalue weighted by Crippen LogP contribution is 2.33. The van der Waals surface area contributed by atoms with Crippen molar-refractivity contribution in [3.63, 3.8) is 0 Å². The van der Waals surface area contributed by atoms with Crippen LogP contribution < -0.4 is 0 Å². The van der Waals surface area contributed by atoms with E-state index in [1.165, 1.54) is 0 Å². The summed E-state index contributed by atoms with van der Waals surface area (Å²) in [6.07, 6.45) is 3.28. The van der Waals surface area contributed by atoms with Crippen molar-refractivity contribution in [2.45, 2.75) is 26.2 Å². The van der Waals surface area contributed by atoms with E-state index in [-0.39, 0.29) is 16.3 Å². The third-order valence-electron chi connectivity index (χ3n) is 2.65. The van der Waals surface area contributed by atoms with E-state index in [0.29, 0.717) is 5.56 Å². The summed E-state index contributed by atoms with van der Waals surface area (Å²) in [6, 6.07) is 3.42. The van der Waals surface area contributed by atoms with Crippen LogP contribution in [-0.2, 0) is 5.41 Å². The monoisotopic (exact) mass is 252 g/mol. The standard InChI is InChI=1S/C13H14ClFN2/c1-13(2,3)9-4-8(5-10(14)12(9)15)11-6-16-7-17-11/h4-7H,1-3H3,(H,16,17). The van der Waals surface area contributed by atoms with Crippen LogP contribution in [0, 0.1) is 5.82 Å². The lowest BCUT2D eigenvalue weighted by Gasteiger charge is -2.21. The lowest BCUT2D eigenvalue weighted by atomic mass is 9.85. The molecule has 0 radical (unpaired) electrons. The molecule has 0 amide bonds. The second-order valence-electron chi connectivity index (χ2n) is 5.03. The van der Waals surface area contributed by atoms with Crippen LogP contribution >= 0.6 is 11.6 Å². The Labute approximate surface area is 105 Å². The number of halogens is 2. The van der Waals surface area contributed by atoms with Crippen molar-refractivity contribution in [2.75, 3.05) is 0 Å².